The molecule has 5 rings (SSSR count). The Morgan fingerprint density at radius 1 is 0.838 bits per heavy atom. The second-order valence-electron chi connectivity index (χ2n) is 20.3. The van der Waals surface area contributed by atoms with E-state index in [-0.39, 0.29) is 112 Å². The van der Waals surface area contributed by atoms with Gasteiger partial charge in [-0.2, -0.15) is 0 Å². The van der Waals surface area contributed by atoms with Gasteiger partial charge < -0.3 is 49.4 Å². The highest BCUT2D eigenvalue weighted by molar-refractivity contribution is 7.09. The Balaban J connectivity index is 1.14. The molecule has 1 aromatic heterocycles. The van der Waals surface area contributed by atoms with Crippen LogP contribution in [0.3, 0.4) is 0 Å². The van der Waals surface area contributed by atoms with E-state index in [0.717, 1.165) is 54.0 Å². The molecule has 2 fully saturated rings. The first-order valence-electron chi connectivity index (χ1n) is 26.2. The normalized spacial score (nSPS) is 18.7. The van der Waals surface area contributed by atoms with Gasteiger partial charge in [-0.05, 0) is 63.4 Å². The van der Waals surface area contributed by atoms with Crippen LogP contribution in [0.4, 0.5) is 0 Å². The third kappa shape index (κ3) is 17.2. The molecule has 19 nitrogen and oxygen atoms in total. The predicted octanol–water partition coefficient (Wildman–Crippen LogP) is 4.40. The summed E-state index contributed by atoms with van der Waals surface area (Å²) in [6, 6.07) is 7.82. The predicted molar refractivity (Wildman–Crippen MR) is 278 cm³/mol. The molecule has 1 aliphatic carbocycles. The Labute approximate surface area is 441 Å². The summed E-state index contributed by atoms with van der Waals surface area (Å²) < 4.78 is 28.8. The van der Waals surface area contributed by atoms with Crippen LogP contribution in [0.5, 0.6) is 0 Å². The number of thiazole rings is 1. The average molecular weight is 1050 g/mol. The fourth-order valence-electron chi connectivity index (χ4n) is 10.2. The van der Waals surface area contributed by atoms with Gasteiger partial charge in [0.25, 0.3) is 11.8 Å². The first-order valence-corrected chi connectivity index (χ1v) is 27.1. The van der Waals surface area contributed by atoms with Crippen LogP contribution in [-0.4, -0.2) is 171 Å². The van der Waals surface area contributed by atoms with Crippen molar-refractivity contribution in [1.29, 1.82) is 0 Å². The van der Waals surface area contributed by atoms with Crippen molar-refractivity contribution in [3.05, 3.63) is 64.6 Å². The Hall–Kier alpha value is -5.12. The smallest absolute Gasteiger partial charge is 0.253 e. The average Bonchev–Trinajstić information content (AvgIpc) is 4.17. The van der Waals surface area contributed by atoms with E-state index < -0.39 is 47.6 Å². The van der Waals surface area contributed by atoms with Crippen molar-refractivity contribution in [3.8, 4) is 0 Å². The lowest BCUT2D eigenvalue weighted by Crippen LogP contribution is -2.62. The molecule has 0 spiro atoms. The quantitative estimate of drug-likeness (QED) is 0.0705. The fourth-order valence-corrected chi connectivity index (χ4v) is 10.9. The molecule has 1 saturated heterocycles. The van der Waals surface area contributed by atoms with Gasteiger partial charge in [0.05, 0.1) is 88.9 Å². The largest absolute Gasteiger partial charge is 0.379 e. The first-order chi connectivity index (χ1) is 35.5. The zero-order valence-electron chi connectivity index (χ0n) is 44.7. The number of imide groups is 1. The van der Waals surface area contributed by atoms with Crippen molar-refractivity contribution in [2.45, 2.75) is 141 Å². The van der Waals surface area contributed by atoms with Crippen LogP contribution in [0.15, 0.2) is 54.1 Å². The molecule has 3 heterocycles. The number of likely N-dealkylation sites (N-methyl/N-ethyl adjacent to an activating group) is 1. The van der Waals surface area contributed by atoms with Crippen molar-refractivity contribution in [3.63, 3.8) is 0 Å². The number of hydrogen-bond acceptors (Lipinski definition) is 14. The molecule has 2 aliphatic heterocycles. The van der Waals surface area contributed by atoms with Crippen LogP contribution in [0, 0.1) is 17.8 Å². The van der Waals surface area contributed by atoms with Crippen LogP contribution < -0.4 is 16.0 Å². The number of methoxy groups -OCH3 is 2. The molecule has 410 valence electrons. The third-order valence-electron chi connectivity index (χ3n) is 14.3. The number of benzene rings is 1. The molecule has 1 saturated carbocycles. The summed E-state index contributed by atoms with van der Waals surface area (Å²) in [5.41, 5.74) is -0.305. The first kappa shape index (κ1) is 59.8. The minimum Gasteiger partial charge on any atom is -0.379 e. The molecule has 20 heteroatoms. The van der Waals surface area contributed by atoms with Crippen molar-refractivity contribution >= 4 is 52.7 Å². The molecule has 3 aliphatic rings. The lowest BCUT2D eigenvalue weighted by Gasteiger charge is -2.43. The lowest BCUT2D eigenvalue weighted by atomic mass is 9.80. The van der Waals surface area contributed by atoms with Crippen molar-refractivity contribution in [1.82, 2.24) is 35.6 Å². The number of carbonyl (C=O) groups is 7. The maximum absolute atomic E-state index is 14.7. The van der Waals surface area contributed by atoms with Crippen LogP contribution in [0.2, 0.25) is 0 Å². The van der Waals surface area contributed by atoms with Crippen LogP contribution >= 0.6 is 11.3 Å². The minimum atomic E-state index is -1.38. The summed E-state index contributed by atoms with van der Waals surface area (Å²) >= 11 is 1.49. The van der Waals surface area contributed by atoms with Gasteiger partial charge in [-0.15, -0.1) is 11.3 Å². The number of ether oxygens (including phenoxy) is 5. The molecule has 0 radical (unpaired) electrons. The van der Waals surface area contributed by atoms with E-state index in [9.17, 15) is 33.6 Å². The highest BCUT2D eigenvalue weighted by Gasteiger charge is 2.45. The Morgan fingerprint density at radius 2 is 1.49 bits per heavy atom. The van der Waals surface area contributed by atoms with Gasteiger partial charge in [0.2, 0.25) is 29.5 Å². The maximum Gasteiger partial charge on any atom is 0.253 e. The van der Waals surface area contributed by atoms with Gasteiger partial charge >= 0.3 is 0 Å². The molecule has 7 amide bonds. The van der Waals surface area contributed by atoms with E-state index in [2.05, 4.69) is 20.9 Å². The summed E-state index contributed by atoms with van der Waals surface area (Å²) in [6.45, 7) is 10.7. The van der Waals surface area contributed by atoms with E-state index in [1.54, 1.807) is 46.2 Å². The number of likely N-dealkylation sites (tertiary alicyclic amines) is 1. The van der Waals surface area contributed by atoms with Gasteiger partial charge in [-0.25, -0.2) is 4.98 Å². The molecule has 3 N–H and O–H groups in total. The number of hydrogen-bond donors (Lipinski definition) is 3. The Morgan fingerprint density at radius 3 is 2.09 bits per heavy atom. The Kier molecular flexibility index (Phi) is 24.1. The molecular formula is C54H81N7O12S. The molecule has 2 aromatic rings. The van der Waals surface area contributed by atoms with Gasteiger partial charge in [-0.1, -0.05) is 70.4 Å². The molecule has 0 unspecified atom stereocenters. The van der Waals surface area contributed by atoms with Crippen molar-refractivity contribution in [2.24, 2.45) is 17.8 Å². The monoisotopic (exact) mass is 1050 g/mol. The second-order valence-corrected chi connectivity index (χ2v) is 21.3. The number of rotatable bonds is 31. The highest BCUT2D eigenvalue weighted by Crippen LogP contribution is 2.34. The second kappa shape index (κ2) is 29.8. The van der Waals surface area contributed by atoms with E-state index in [1.807, 2.05) is 61.4 Å². The standard InChI is InChI=1S/C54H81N7O12S/c1-36(2)47(57-53(68)54(4,5)58-43(62)23-27-71-29-31-73-32-30-72-28-26-61-44(63)21-22-45(61)64)52(67)59(6)48(39-18-13-10-14-19-39)42(69-7)35-46(65)60-25-15-20-41(60)49(70-8)37(3)50(66)56-40(51-55-24-33-74-51)34-38-16-11-9-12-17-38/h9,11-12,16-17,21-22,24,33,36-37,39-42,47-49H,10,13-15,18-20,23,25-32,34-35H2,1-8H3,(H,56,66)(H,57,68)(H,58,62)/t37-,40+,41+,42-,47+,48+,49-/m1/s1. The number of nitrogens with zero attached hydrogens (tertiary/aromatic N) is 4. The summed E-state index contributed by atoms with van der Waals surface area (Å²) in [4.78, 5) is 103. The number of aromatic nitrogens is 1. The third-order valence-corrected chi connectivity index (χ3v) is 15.2. The zero-order valence-corrected chi connectivity index (χ0v) is 45.5. The van der Waals surface area contributed by atoms with E-state index in [4.69, 9.17) is 23.7 Å². The molecule has 74 heavy (non-hydrogen) atoms. The molecule has 7 atom stereocenters. The van der Waals surface area contributed by atoms with E-state index in [1.165, 1.54) is 23.5 Å². The topological polar surface area (TPSA) is 224 Å². The van der Waals surface area contributed by atoms with Crippen molar-refractivity contribution < 1.29 is 57.2 Å². The van der Waals surface area contributed by atoms with E-state index in [0.29, 0.717) is 19.4 Å². The summed E-state index contributed by atoms with van der Waals surface area (Å²) in [5.74, 6) is -3.19. The molecular weight excluding hydrogens is 971 g/mol. The molecule has 1 aromatic carbocycles. The number of carbonyl (C=O) groups excluding carboxylic acids is 7. The van der Waals surface area contributed by atoms with Gasteiger partial charge in [0, 0.05) is 58.0 Å². The summed E-state index contributed by atoms with van der Waals surface area (Å²) in [7, 11) is 4.88. The van der Waals surface area contributed by atoms with Crippen molar-refractivity contribution in [2.75, 3.05) is 74.0 Å². The van der Waals surface area contributed by atoms with Gasteiger partial charge in [-0.3, -0.25) is 38.5 Å². The van der Waals surface area contributed by atoms with Gasteiger partial charge in [0.1, 0.15) is 16.6 Å². The fraction of sp³-hybridized carbons (Fsp3) is 0.667. The van der Waals surface area contributed by atoms with Crippen LogP contribution in [-0.2, 0) is 63.7 Å². The van der Waals surface area contributed by atoms with Gasteiger partial charge in [0.15, 0.2) is 0 Å². The SMILES string of the molecule is CO[C@H]([C@@H](C)C(=O)N[C@@H](Cc1ccccc1)c1nccs1)[C@@H]1CCCN1C(=O)C[C@@H](OC)[C@H](C1CCCCC1)N(C)C(=O)[C@@H](NC(=O)C(C)(C)NC(=O)CCOCCOCCOCCN1C(=O)C=CC1=O)C(C)C. The number of amides is 7. The number of nitrogens with one attached hydrogen (secondary N) is 3. The summed E-state index contributed by atoms with van der Waals surface area (Å²) in [6.07, 6.45) is 9.63. The highest BCUT2D eigenvalue weighted by atomic mass is 32.1. The van der Waals surface area contributed by atoms with Crippen LogP contribution in [0.25, 0.3) is 0 Å². The molecule has 0 bridgehead atoms. The minimum absolute atomic E-state index is 0.00255. The lowest BCUT2D eigenvalue weighted by molar-refractivity contribution is -0.148. The summed E-state index contributed by atoms with van der Waals surface area (Å²) in [5, 5.41) is 11.7. The van der Waals surface area contributed by atoms with E-state index >= 15 is 0 Å². The maximum atomic E-state index is 14.7. The van der Waals surface area contributed by atoms with Crippen LogP contribution in [0.1, 0.15) is 109 Å². The Bertz CT molecular complexity index is 2140. The zero-order chi connectivity index (χ0) is 53.8.